The molecular formula is C14H15O2P. The topological polar surface area (TPSA) is 26.3 Å². The highest BCUT2D eigenvalue weighted by molar-refractivity contribution is 7.48. The first-order valence-electron chi connectivity index (χ1n) is 5.47. The Bertz CT molecular complexity index is 532. The zero-order chi connectivity index (χ0) is 12.3. The average molecular weight is 246 g/mol. The minimum atomic E-state index is -2.06. The molecule has 0 saturated heterocycles. The van der Waals surface area contributed by atoms with Crippen LogP contribution in [0.25, 0.3) is 11.1 Å². The summed E-state index contributed by atoms with van der Waals surface area (Å²) in [6.07, 6.45) is 0. The third-order valence-electron chi connectivity index (χ3n) is 2.76. The van der Waals surface area contributed by atoms with Crippen molar-refractivity contribution < 1.29 is 9.09 Å². The summed E-state index contributed by atoms with van der Waals surface area (Å²) < 4.78 is 16.3. The van der Waals surface area contributed by atoms with E-state index in [1.165, 1.54) is 18.2 Å². The number of hydrogen-bond acceptors (Lipinski definition) is 2. The van der Waals surface area contributed by atoms with Crippen LogP contribution in [-0.4, -0.2) is 7.11 Å². The van der Waals surface area contributed by atoms with Crippen molar-refractivity contribution in [2.45, 2.75) is 6.92 Å². The lowest BCUT2D eigenvalue weighted by Gasteiger charge is -2.06. The van der Waals surface area contributed by atoms with Gasteiger partial charge in [-0.3, -0.25) is 4.57 Å². The molecule has 0 fully saturated rings. The molecule has 3 heteroatoms. The van der Waals surface area contributed by atoms with Crippen molar-refractivity contribution >= 4 is 13.3 Å². The minimum absolute atomic E-state index is 0.759. The SMILES string of the molecule is CO[PH](=O)c1ccc(-c2ccccc2C)cc1. The van der Waals surface area contributed by atoms with Gasteiger partial charge in [-0.05, 0) is 35.7 Å². The first kappa shape index (κ1) is 12.1. The van der Waals surface area contributed by atoms with Crippen LogP contribution in [0, 0.1) is 6.92 Å². The second-order valence-corrected chi connectivity index (χ2v) is 5.44. The fourth-order valence-corrected chi connectivity index (χ4v) is 2.48. The Morgan fingerprint density at radius 1 is 1.00 bits per heavy atom. The van der Waals surface area contributed by atoms with E-state index in [1.54, 1.807) is 0 Å². The summed E-state index contributed by atoms with van der Waals surface area (Å²) in [5.74, 6) is 0. The zero-order valence-corrected chi connectivity index (χ0v) is 10.9. The first-order chi connectivity index (χ1) is 8.22. The Hall–Kier alpha value is -1.37. The van der Waals surface area contributed by atoms with Crippen LogP contribution in [0.4, 0.5) is 0 Å². The Kier molecular flexibility index (Phi) is 3.78. The van der Waals surface area contributed by atoms with Gasteiger partial charge in [0.25, 0.3) is 0 Å². The van der Waals surface area contributed by atoms with Gasteiger partial charge < -0.3 is 4.52 Å². The molecule has 0 aliphatic heterocycles. The van der Waals surface area contributed by atoms with Gasteiger partial charge in [-0.15, -0.1) is 0 Å². The van der Waals surface area contributed by atoms with E-state index in [1.807, 2.05) is 36.4 Å². The maximum absolute atomic E-state index is 11.5. The molecule has 0 aliphatic rings. The van der Waals surface area contributed by atoms with Crippen LogP contribution in [0.3, 0.4) is 0 Å². The van der Waals surface area contributed by atoms with Gasteiger partial charge in [0.2, 0.25) is 8.03 Å². The first-order valence-corrected chi connectivity index (χ1v) is 6.78. The van der Waals surface area contributed by atoms with E-state index in [4.69, 9.17) is 4.52 Å². The van der Waals surface area contributed by atoms with Gasteiger partial charge in [0, 0.05) is 12.4 Å². The molecule has 0 spiro atoms. The third-order valence-corrected chi connectivity index (χ3v) is 3.94. The Morgan fingerprint density at radius 2 is 1.65 bits per heavy atom. The smallest absolute Gasteiger partial charge is 0.220 e. The quantitative estimate of drug-likeness (QED) is 0.776. The number of benzene rings is 2. The van der Waals surface area contributed by atoms with Crippen LogP contribution < -0.4 is 5.30 Å². The molecule has 1 atom stereocenters. The second kappa shape index (κ2) is 5.31. The Labute approximate surface area is 102 Å². The number of hydrogen-bond donors (Lipinski definition) is 0. The highest BCUT2D eigenvalue weighted by Crippen LogP contribution is 2.25. The van der Waals surface area contributed by atoms with Gasteiger partial charge in [-0.25, -0.2) is 0 Å². The maximum Gasteiger partial charge on any atom is 0.220 e. The van der Waals surface area contributed by atoms with Crippen LogP contribution in [0.15, 0.2) is 48.5 Å². The van der Waals surface area contributed by atoms with Gasteiger partial charge >= 0.3 is 0 Å². The second-order valence-electron chi connectivity index (χ2n) is 3.88. The van der Waals surface area contributed by atoms with Crippen molar-refractivity contribution in [3.05, 3.63) is 54.1 Å². The van der Waals surface area contributed by atoms with Crippen molar-refractivity contribution in [1.29, 1.82) is 0 Å². The van der Waals surface area contributed by atoms with E-state index in [9.17, 15) is 4.57 Å². The molecule has 0 saturated carbocycles. The lowest BCUT2D eigenvalue weighted by Crippen LogP contribution is -1.96. The molecule has 0 heterocycles. The summed E-state index contributed by atoms with van der Waals surface area (Å²) in [6.45, 7) is 2.08. The van der Waals surface area contributed by atoms with Crippen molar-refractivity contribution in [3.63, 3.8) is 0 Å². The van der Waals surface area contributed by atoms with Crippen molar-refractivity contribution in [2.75, 3.05) is 7.11 Å². The van der Waals surface area contributed by atoms with Crippen molar-refractivity contribution in [3.8, 4) is 11.1 Å². The molecule has 2 aromatic carbocycles. The lowest BCUT2D eigenvalue weighted by molar-refractivity contribution is 0.423. The summed E-state index contributed by atoms with van der Waals surface area (Å²) >= 11 is 0. The lowest BCUT2D eigenvalue weighted by atomic mass is 10.0. The van der Waals surface area contributed by atoms with Crippen LogP contribution in [0.5, 0.6) is 0 Å². The predicted molar refractivity (Wildman–Crippen MR) is 72.3 cm³/mol. The normalized spacial score (nSPS) is 12.4. The fraction of sp³-hybridized carbons (Fsp3) is 0.143. The monoisotopic (exact) mass is 246 g/mol. The maximum atomic E-state index is 11.5. The molecule has 0 amide bonds. The number of aryl methyl sites for hydroxylation is 1. The van der Waals surface area contributed by atoms with Gasteiger partial charge in [0.15, 0.2) is 0 Å². The third kappa shape index (κ3) is 2.66. The summed E-state index contributed by atoms with van der Waals surface area (Å²) in [5.41, 5.74) is 3.58. The van der Waals surface area contributed by atoms with Crippen LogP contribution in [-0.2, 0) is 9.09 Å². The summed E-state index contributed by atoms with van der Waals surface area (Å²) in [4.78, 5) is 0. The molecule has 0 N–H and O–H groups in total. The standard InChI is InChI=1S/C14H15O2P/c1-11-5-3-4-6-14(11)12-7-9-13(10-8-12)17(15)16-2/h3-10,17H,1-2H3. The highest BCUT2D eigenvalue weighted by atomic mass is 31.1. The molecule has 88 valence electrons. The van der Waals surface area contributed by atoms with Crippen molar-refractivity contribution in [2.24, 2.45) is 0 Å². The predicted octanol–water partition coefficient (Wildman–Crippen LogP) is 3.41. The Morgan fingerprint density at radius 3 is 2.24 bits per heavy atom. The molecule has 2 rings (SSSR count). The minimum Gasteiger partial charge on any atom is -0.331 e. The molecule has 0 aromatic heterocycles. The van der Waals surface area contributed by atoms with E-state index in [0.717, 1.165) is 10.9 Å². The van der Waals surface area contributed by atoms with E-state index >= 15 is 0 Å². The van der Waals surface area contributed by atoms with Crippen LogP contribution >= 0.6 is 8.03 Å². The Balaban J connectivity index is 2.36. The van der Waals surface area contributed by atoms with Crippen LogP contribution in [0.1, 0.15) is 5.56 Å². The molecule has 2 nitrogen and oxygen atoms in total. The molecule has 2 aromatic rings. The van der Waals surface area contributed by atoms with Gasteiger partial charge in [0.1, 0.15) is 0 Å². The van der Waals surface area contributed by atoms with Gasteiger partial charge in [0.05, 0.1) is 0 Å². The van der Waals surface area contributed by atoms with E-state index in [-0.39, 0.29) is 0 Å². The van der Waals surface area contributed by atoms with Crippen LogP contribution in [0.2, 0.25) is 0 Å². The van der Waals surface area contributed by atoms with E-state index in [0.29, 0.717) is 0 Å². The summed E-state index contributed by atoms with van der Waals surface area (Å²) in [6, 6.07) is 15.9. The van der Waals surface area contributed by atoms with E-state index in [2.05, 4.69) is 19.1 Å². The molecule has 0 bridgehead atoms. The zero-order valence-electron chi connectivity index (χ0n) is 9.94. The fourth-order valence-electron chi connectivity index (χ4n) is 1.80. The van der Waals surface area contributed by atoms with E-state index < -0.39 is 8.03 Å². The number of rotatable bonds is 3. The largest absolute Gasteiger partial charge is 0.331 e. The molecule has 0 aliphatic carbocycles. The van der Waals surface area contributed by atoms with Gasteiger partial charge in [-0.2, -0.15) is 0 Å². The molecular weight excluding hydrogens is 231 g/mol. The summed E-state index contributed by atoms with van der Waals surface area (Å²) in [5, 5.41) is 0.759. The summed E-state index contributed by atoms with van der Waals surface area (Å²) in [7, 11) is -0.596. The molecule has 1 unspecified atom stereocenters. The van der Waals surface area contributed by atoms with Gasteiger partial charge in [-0.1, -0.05) is 36.4 Å². The highest BCUT2D eigenvalue weighted by Gasteiger charge is 2.04. The molecule has 0 radical (unpaired) electrons. The average Bonchev–Trinajstić information content (AvgIpc) is 2.39. The van der Waals surface area contributed by atoms with Crippen molar-refractivity contribution in [1.82, 2.24) is 0 Å². The molecule has 17 heavy (non-hydrogen) atoms.